The molecule has 0 unspecified atom stereocenters. The van der Waals surface area contributed by atoms with E-state index in [2.05, 4.69) is 33.0 Å². The summed E-state index contributed by atoms with van der Waals surface area (Å²) in [6.07, 6.45) is 1.44. The van der Waals surface area contributed by atoms with Crippen molar-refractivity contribution in [3.8, 4) is 0 Å². The lowest BCUT2D eigenvalue weighted by atomic mass is 9.77. The van der Waals surface area contributed by atoms with Crippen molar-refractivity contribution in [2.75, 3.05) is 13.2 Å². The minimum Gasteiger partial charge on any atom is -0.481 e. The molecule has 0 aromatic heterocycles. The maximum Gasteiger partial charge on any atom is 0.314 e. The third-order valence-corrected chi connectivity index (χ3v) is 3.92. The minimum absolute atomic E-state index is 0.0985. The SMILES string of the molecule is CC1(C)CC2(CC(C)(C)N1)OCC(C)(C(=O)O)CO2. The van der Waals surface area contributed by atoms with Crippen LogP contribution in [0.25, 0.3) is 0 Å². The maximum absolute atomic E-state index is 11.2. The van der Waals surface area contributed by atoms with E-state index < -0.39 is 17.2 Å². The number of aliphatic carboxylic acids is 1. The highest BCUT2D eigenvalue weighted by molar-refractivity contribution is 5.74. The summed E-state index contributed by atoms with van der Waals surface area (Å²) < 4.78 is 11.8. The molecule has 5 heteroatoms. The van der Waals surface area contributed by atoms with Crippen LogP contribution in [0.15, 0.2) is 0 Å². The molecule has 0 atom stereocenters. The van der Waals surface area contributed by atoms with Crippen molar-refractivity contribution >= 4 is 5.97 Å². The molecule has 0 bridgehead atoms. The highest BCUT2D eigenvalue weighted by Crippen LogP contribution is 2.43. The first-order valence-electron chi connectivity index (χ1n) is 6.78. The Morgan fingerprint density at radius 1 is 1.00 bits per heavy atom. The van der Waals surface area contributed by atoms with E-state index in [-0.39, 0.29) is 24.3 Å². The zero-order valence-corrected chi connectivity index (χ0v) is 12.5. The van der Waals surface area contributed by atoms with Gasteiger partial charge in [-0.05, 0) is 34.6 Å². The molecule has 2 heterocycles. The first kappa shape index (κ1) is 14.8. The fourth-order valence-electron chi connectivity index (χ4n) is 3.41. The van der Waals surface area contributed by atoms with Gasteiger partial charge >= 0.3 is 5.97 Å². The van der Waals surface area contributed by atoms with E-state index in [4.69, 9.17) is 9.47 Å². The van der Waals surface area contributed by atoms with E-state index in [1.165, 1.54) is 0 Å². The minimum atomic E-state index is -0.940. The van der Waals surface area contributed by atoms with Gasteiger partial charge in [0.2, 0.25) is 0 Å². The summed E-state index contributed by atoms with van der Waals surface area (Å²) in [6, 6.07) is 0. The van der Waals surface area contributed by atoms with Gasteiger partial charge in [-0.15, -0.1) is 0 Å². The Balaban J connectivity index is 2.16. The third kappa shape index (κ3) is 2.93. The molecule has 0 amide bonds. The van der Waals surface area contributed by atoms with E-state index in [1.54, 1.807) is 6.92 Å². The van der Waals surface area contributed by atoms with Crippen molar-refractivity contribution in [1.29, 1.82) is 0 Å². The van der Waals surface area contributed by atoms with Crippen LogP contribution in [-0.2, 0) is 14.3 Å². The van der Waals surface area contributed by atoms with Crippen LogP contribution in [0.1, 0.15) is 47.5 Å². The lowest BCUT2D eigenvalue weighted by molar-refractivity contribution is -0.323. The molecular weight excluding hydrogens is 246 g/mol. The van der Waals surface area contributed by atoms with Crippen molar-refractivity contribution in [3.05, 3.63) is 0 Å². The van der Waals surface area contributed by atoms with Crippen molar-refractivity contribution in [1.82, 2.24) is 5.32 Å². The Morgan fingerprint density at radius 2 is 1.42 bits per heavy atom. The molecule has 2 saturated heterocycles. The zero-order chi connectivity index (χ0) is 14.5. The zero-order valence-electron chi connectivity index (χ0n) is 12.5. The lowest BCUT2D eigenvalue weighted by Crippen LogP contribution is -2.67. The molecule has 0 aromatic carbocycles. The van der Waals surface area contributed by atoms with Crippen LogP contribution in [0.4, 0.5) is 0 Å². The Morgan fingerprint density at radius 3 is 1.79 bits per heavy atom. The number of ether oxygens (including phenoxy) is 2. The molecule has 0 radical (unpaired) electrons. The van der Waals surface area contributed by atoms with Crippen molar-refractivity contribution < 1.29 is 19.4 Å². The van der Waals surface area contributed by atoms with Crippen molar-refractivity contribution in [2.24, 2.45) is 5.41 Å². The number of carbonyl (C=O) groups is 1. The van der Waals surface area contributed by atoms with Crippen LogP contribution >= 0.6 is 0 Å². The lowest BCUT2D eigenvalue weighted by Gasteiger charge is -2.54. The van der Waals surface area contributed by atoms with Crippen LogP contribution in [0.3, 0.4) is 0 Å². The Labute approximate surface area is 114 Å². The second-order valence-corrected chi connectivity index (χ2v) is 7.60. The van der Waals surface area contributed by atoms with Crippen LogP contribution in [0.2, 0.25) is 0 Å². The molecule has 5 nitrogen and oxygen atoms in total. The number of carboxylic acid groups (broad SMARTS) is 1. The molecule has 19 heavy (non-hydrogen) atoms. The van der Waals surface area contributed by atoms with Gasteiger partial charge in [0.05, 0.1) is 13.2 Å². The summed E-state index contributed by atoms with van der Waals surface area (Å²) in [7, 11) is 0. The monoisotopic (exact) mass is 271 g/mol. The highest BCUT2D eigenvalue weighted by Gasteiger charge is 2.53. The van der Waals surface area contributed by atoms with Gasteiger partial charge in [0.15, 0.2) is 5.79 Å². The van der Waals surface area contributed by atoms with Crippen LogP contribution in [-0.4, -0.2) is 41.2 Å². The topological polar surface area (TPSA) is 67.8 Å². The van der Waals surface area contributed by atoms with Gasteiger partial charge in [0.25, 0.3) is 0 Å². The molecule has 0 aliphatic carbocycles. The van der Waals surface area contributed by atoms with Gasteiger partial charge in [-0.25, -0.2) is 0 Å². The Hall–Kier alpha value is -0.650. The molecule has 2 aliphatic rings. The molecule has 2 aliphatic heterocycles. The average molecular weight is 271 g/mol. The maximum atomic E-state index is 11.2. The van der Waals surface area contributed by atoms with E-state index in [1.807, 2.05) is 0 Å². The Bertz CT molecular complexity index is 363. The van der Waals surface area contributed by atoms with Gasteiger partial charge in [-0.1, -0.05) is 0 Å². The summed E-state index contributed by atoms with van der Waals surface area (Å²) in [5.41, 5.74) is -1.14. The summed E-state index contributed by atoms with van der Waals surface area (Å²) >= 11 is 0. The molecule has 2 N–H and O–H groups in total. The first-order chi connectivity index (χ1) is 8.48. The highest BCUT2D eigenvalue weighted by atomic mass is 16.7. The second kappa shape index (κ2) is 4.17. The molecule has 2 rings (SSSR count). The van der Waals surface area contributed by atoms with E-state index in [0.29, 0.717) is 0 Å². The third-order valence-electron chi connectivity index (χ3n) is 3.92. The quantitative estimate of drug-likeness (QED) is 0.760. The van der Waals surface area contributed by atoms with Gasteiger partial charge in [-0.2, -0.15) is 0 Å². The van der Waals surface area contributed by atoms with Crippen molar-refractivity contribution in [3.63, 3.8) is 0 Å². The smallest absolute Gasteiger partial charge is 0.314 e. The van der Waals surface area contributed by atoms with E-state index >= 15 is 0 Å². The summed E-state index contributed by atoms with van der Waals surface area (Å²) in [5.74, 6) is -1.53. The normalized spacial score (nSPS) is 31.0. The fourth-order valence-corrected chi connectivity index (χ4v) is 3.41. The predicted octanol–water partition coefficient (Wildman–Crippen LogP) is 1.76. The summed E-state index contributed by atoms with van der Waals surface area (Å²) in [5, 5.41) is 12.8. The van der Waals surface area contributed by atoms with Gasteiger partial charge in [-0.3, -0.25) is 4.79 Å². The molecule has 1 spiro atoms. The largest absolute Gasteiger partial charge is 0.481 e. The summed E-state index contributed by atoms with van der Waals surface area (Å²) in [6.45, 7) is 10.5. The molecule has 0 saturated carbocycles. The molecular formula is C14H25NO4. The first-order valence-corrected chi connectivity index (χ1v) is 6.78. The molecule has 2 fully saturated rings. The number of carboxylic acids is 1. The number of hydrogen-bond donors (Lipinski definition) is 2. The van der Waals surface area contributed by atoms with Gasteiger partial charge < -0.3 is 19.9 Å². The summed E-state index contributed by atoms with van der Waals surface area (Å²) in [4.78, 5) is 11.2. The van der Waals surface area contributed by atoms with Crippen LogP contribution in [0.5, 0.6) is 0 Å². The van der Waals surface area contributed by atoms with Crippen LogP contribution < -0.4 is 5.32 Å². The van der Waals surface area contributed by atoms with Crippen LogP contribution in [0, 0.1) is 5.41 Å². The predicted molar refractivity (Wildman–Crippen MR) is 70.9 cm³/mol. The van der Waals surface area contributed by atoms with Gasteiger partial charge in [0, 0.05) is 23.9 Å². The second-order valence-electron chi connectivity index (χ2n) is 7.60. The average Bonchev–Trinajstić information content (AvgIpc) is 2.18. The van der Waals surface area contributed by atoms with Crippen molar-refractivity contribution in [2.45, 2.75) is 64.3 Å². The number of hydrogen-bond acceptors (Lipinski definition) is 4. The molecule has 0 aromatic rings. The Kier molecular flexibility index (Phi) is 3.24. The number of rotatable bonds is 1. The number of piperidine rings is 1. The molecule has 110 valence electrons. The fraction of sp³-hybridized carbons (Fsp3) is 0.929. The standard InChI is InChI=1S/C14H25NO4/c1-11(2)6-14(7-12(3,4)15-11)18-8-13(5,9-19-14)10(16)17/h15H,6-9H2,1-5H3,(H,16,17). The number of nitrogens with one attached hydrogen (secondary N) is 1. The van der Waals surface area contributed by atoms with E-state index in [9.17, 15) is 9.90 Å². The van der Waals surface area contributed by atoms with Gasteiger partial charge in [0.1, 0.15) is 5.41 Å². The van der Waals surface area contributed by atoms with E-state index in [0.717, 1.165) is 12.8 Å².